The normalized spacial score (nSPS) is 20.8. The molecule has 1 aromatic carbocycles. The molecule has 6 heteroatoms. The fourth-order valence-corrected chi connectivity index (χ4v) is 3.20. The summed E-state index contributed by atoms with van der Waals surface area (Å²) in [6.45, 7) is 6.10. The molecule has 0 bridgehead atoms. The first kappa shape index (κ1) is 17.7. The van der Waals surface area contributed by atoms with Crippen molar-refractivity contribution >= 4 is 17.6 Å². The number of hydrogen-bond donors (Lipinski definition) is 3. The molecular weight excluding hydrogens is 316 g/mol. The Labute approximate surface area is 149 Å². The maximum Gasteiger partial charge on any atom is 0.319 e. The van der Waals surface area contributed by atoms with Gasteiger partial charge in [0, 0.05) is 36.9 Å². The van der Waals surface area contributed by atoms with E-state index in [0.717, 1.165) is 38.4 Å². The van der Waals surface area contributed by atoms with E-state index in [1.807, 2.05) is 0 Å². The van der Waals surface area contributed by atoms with E-state index in [1.54, 1.807) is 24.3 Å². The summed E-state index contributed by atoms with van der Waals surface area (Å²) in [5, 5.41) is 8.62. The van der Waals surface area contributed by atoms with E-state index in [9.17, 15) is 9.59 Å². The zero-order valence-corrected chi connectivity index (χ0v) is 14.9. The van der Waals surface area contributed by atoms with Crippen molar-refractivity contribution in [3.63, 3.8) is 0 Å². The van der Waals surface area contributed by atoms with Crippen LogP contribution in [0.15, 0.2) is 24.3 Å². The second kappa shape index (κ2) is 8.34. The van der Waals surface area contributed by atoms with Crippen LogP contribution in [0.3, 0.4) is 0 Å². The lowest BCUT2D eigenvalue weighted by molar-refractivity contribution is 0.0944. The van der Waals surface area contributed by atoms with Gasteiger partial charge in [-0.2, -0.15) is 0 Å². The molecule has 1 saturated carbocycles. The van der Waals surface area contributed by atoms with E-state index in [1.165, 1.54) is 12.8 Å². The topological polar surface area (TPSA) is 73.5 Å². The highest BCUT2D eigenvalue weighted by molar-refractivity contribution is 5.95. The smallest absolute Gasteiger partial charge is 0.319 e. The van der Waals surface area contributed by atoms with Gasteiger partial charge in [-0.3, -0.25) is 4.79 Å². The first-order valence-corrected chi connectivity index (χ1v) is 9.28. The molecule has 136 valence electrons. The van der Waals surface area contributed by atoms with Crippen LogP contribution >= 0.6 is 0 Å². The number of benzene rings is 1. The molecule has 0 spiro atoms. The lowest BCUT2D eigenvalue weighted by atomic mass is 10.0. The van der Waals surface area contributed by atoms with Crippen molar-refractivity contribution in [3.8, 4) is 0 Å². The minimum absolute atomic E-state index is 0.0703. The van der Waals surface area contributed by atoms with Crippen molar-refractivity contribution in [1.82, 2.24) is 15.5 Å². The molecule has 6 nitrogen and oxygen atoms in total. The van der Waals surface area contributed by atoms with Crippen LogP contribution in [-0.2, 0) is 0 Å². The van der Waals surface area contributed by atoms with E-state index >= 15 is 0 Å². The summed E-state index contributed by atoms with van der Waals surface area (Å²) in [5.41, 5.74) is 1.30. The van der Waals surface area contributed by atoms with Gasteiger partial charge in [0.1, 0.15) is 0 Å². The number of urea groups is 1. The quantitative estimate of drug-likeness (QED) is 0.742. The fourth-order valence-electron chi connectivity index (χ4n) is 3.20. The first-order valence-electron chi connectivity index (χ1n) is 9.28. The van der Waals surface area contributed by atoms with Crippen LogP contribution in [0.5, 0.6) is 0 Å². The number of anilines is 1. The summed E-state index contributed by atoms with van der Waals surface area (Å²) in [5.74, 6) is 0.681. The lowest BCUT2D eigenvalue weighted by Gasteiger charge is -2.30. The monoisotopic (exact) mass is 344 g/mol. The summed E-state index contributed by atoms with van der Waals surface area (Å²) < 4.78 is 0. The van der Waals surface area contributed by atoms with Gasteiger partial charge in [0.25, 0.3) is 5.91 Å². The minimum atomic E-state index is -0.185. The molecule has 1 atom stereocenters. The second-order valence-corrected chi connectivity index (χ2v) is 7.25. The van der Waals surface area contributed by atoms with E-state index in [0.29, 0.717) is 23.8 Å². The molecular formula is C19H28N4O2. The van der Waals surface area contributed by atoms with Crippen LogP contribution in [0.1, 0.15) is 43.0 Å². The summed E-state index contributed by atoms with van der Waals surface area (Å²) >= 11 is 0. The van der Waals surface area contributed by atoms with E-state index in [2.05, 4.69) is 27.8 Å². The van der Waals surface area contributed by atoms with Crippen LogP contribution in [0, 0.1) is 5.92 Å². The molecule has 3 rings (SSSR count). The van der Waals surface area contributed by atoms with Gasteiger partial charge in [0.05, 0.1) is 0 Å². The lowest BCUT2D eigenvalue weighted by Crippen LogP contribution is -2.40. The number of amides is 3. The van der Waals surface area contributed by atoms with E-state index < -0.39 is 0 Å². The van der Waals surface area contributed by atoms with Crippen molar-refractivity contribution in [2.24, 2.45) is 5.92 Å². The van der Waals surface area contributed by atoms with Crippen LogP contribution in [0.4, 0.5) is 10.5 Å². The Morgan fingerprint density at radius 3 is 2.60 bits per heavy atom. The summed E-state index contributed by atoms with van der Waals surface area (Å²) in [4.78, 5) is 26.3. The Morgan fingerprint density at radius 1 is 1.16 bits per heavy atom. The molecule has 0 aromatic heterocycles. The van der Waals surface area contributed by atoms with Gasteiger partial charge < -0.3 is 20.9 Å². The van der Waals surface area contributed by atoms with Gasteiger partial charge >= 0.3 is 6.03 Å². The van der Waals surface area contributed by atoms with Crippen molar-refractivity contribution in [2.45, 2.75) is 38.6 Å². The van der Waals surface area contributed by atoms with Crippen molar-refractivity contribution in [2.75, 3.05) is 31.5 Å². The highest BCUT2D eigenvalue weighted by Crippen LogP contribution is 2.19. The third-order valence-electron chi connectivity index (χ3n) is 4.77. The van der Waals surface area contributed by atoms with Gasteiger partial charge in [0.2, 0.25) is 0 Å². The molecule has 1 aliphatic heterocycles. The SMILES string of the molecule is C[C@@H]1CCCN(CCNC(=O)c2ccc(NC(=O)NC3CC3)cc2)C1. The fraction of sp³-hybridized carbons (Fsp3) is 0.579. The first-order chi connectivity index (χ1) is 12.1. The zero-order chi connectivity index (χ0) is 17.6. The van der Waals surface area contributed by atoms with Crippen LogP contribution in [-0.4, -0.2) is 49.1 Å². The van der Waals surface area contributed by atoms with Gasteiger partial charge in [-0.1, -0.05) is 6.92 Å². The van der Waals surface area contributed by atoms with Gasteiger partial charge in [0.15, 0.2) is 0 Å². The number of hydrogen-bond acceptors (Lipinski definition) is 3. The third-order valence-corrected chi connectivity index (χ3v) is 4.77. The number of piperidine rings is 1. The number of nitrogens with one attached hydrogen (secondary N) is 3. The maximum atomic E-state index is 12.2. The molecule has 25 heavy (non-hydrogen) atoms. The minimum Gasteiger partial charge on any atom is -0.351 e. The van der Waals surface area contributed by atoms with Crippen molar-refractivity contribution < 1.29 is 9.59 Å². The molecule has 2 aliphatic rings. The molecule has 1 aromatic rings. The Balaban J connectivity index is 1.40. The number of carbonyl (C=O) groups is 2. The Hall–Kier alpha value is -2.08. The number of likely N-dealkylation sites (tertiary alicyclic amines) is 1. The predicted molar refractivity (Wildman–Crippen MR) is 98.8 cm³/mol. The van der Waals surface area contributed by atoms with E-state index in [4.69, 9.17) is 0 Å². The summed E-state index contributed by atoms with van der Waals surface area (Å²) in [7, 11) is 0. The van der Waals surface area contributed by atoms with Crippen LogP contribution in [0.25, 0.3) is 0 Å². The maximum absolute atomic E-state index is 12.2. The van der Waals surface area contributed by atoms with Crippen LogP contribution < -0.4 is 16.0 Å². The molecule has 0 unspecified atom stereocenters. The molecule has 1 aliphatic carbocycles. The predicted octanol–water partition coefficient (Wildman–Crippen LogP) is 2.43. The average Bonchev–Trinajstić information content (AvgIpc) is 3.39. The summed E-state index contributed by atoms with van der Waals surface area (Å²) in [6.07, 6.45) is 4.67. The van der Waals surface area contributed by atoms with Gasteiger partial charge in [-0.15, -0.1) is 0 Å². The molecule has 3 amide bonds. The highest BCUT2D eigenvalue weighted by atomic mass is 16.2. The van der Waals surface area contributed by atoms with Crippen molar-refractivity contribution in [1.29, 1.82) is 0 Å². The van der Waals surface area contributed by atoms with Crippen LogP contribution in [0.2, 0.25) is 0 Å². The number of rotatable bonds is 6. The largest absolute Gasteiger partial charge is 0.351 e. The highest BCUT2D eigenvalue weighted by Gasteiger charge is 2.23. The Morgan fingerprint density at radius 2 is 1.92 bits per heavy atom. The van der Waals surface area contributed by atoms with Gasteiger partial charge in [-0.25, -0.2) is 4.79 Å². The molecule has 1 heterocycles. The van der Waals surface area contributed by atoms with E-state index in [-0.39, 0.29) is 11.9 Å². The molecule has 2 fully saturated rings. The zero-order valence-electron chi connectivity index (χ0n) is 14.9. The Kier molecular flexibility index (Phi) is 5.91. The second-order valence-electron chi connectivity index (χ2n) is 7.25. The number of nitrogens with zero attached hydrogens (tertiary/aromatic N) is 1. The Bertz CT molecular complexity index is 598. The van der Waals surface area contributed by atoms with Gasteiger partial charge in [-0.05, 0) is 62.4 Å². The molecule has 3 N–H and O–H groups in total. The molecule has 0 radical (unpaired) electrons. The third kappa shape index (κ3) is 5.74. The number of carbonyl (C=O) groups excluding carboxylic acids is 2. The molecule has 1 saturated heterocycles. The average molecular weight is 344 g/mol. The summed E-state index contributed by atoms with van der Waals surface area (Å²) in [6, 6.07) is 7.14. The van der Waals surface area contributed by atoms with Crippen molar-refractivity contribution in [3.05, 3.63) is 29.8 Å². The standard InChI is InChI=1S/C19H28N4O2/c1-14-3-2-11-23(13-14)12-10-20-18(24)15-4-6-16(7-5-15)21-19(25)22-17-8-9-17/h4-7,14,17H,2-3,8-13H2,1H3,(H,20,24)(H2,21,22,25)/t14-/m1/s1.